The molecule has 24 heavy (non-hydrogen) atoms. The van der Waals surface area contributed by atoms with Crippen LogP contribution >= 0.6 is 11.8 Å². The van der Waals surface area contributed by atoms with E-state index in [9.17, 15) is 4.39 Å². The van der Waals surface area contributed by atoms with E-state index >= 15 is 0 Å². The van der Waals surface area contributed by atoms with E-state index in [0.717, 1.165) is 10.6 Å². The van der Waals surface area contributed by atoms with Crippen LogP contribution in [-0.4, -0.2) is 15.0 Å². The Morgan fingerprint density at radius 2 is 1.71 bits per heavy atom. The van der Waals surface area contributed by atoms with Crippen molar-refractivity contribution in [3.05, 3.63) is 65.7 Å². The first-order valence-corrected chi connectivity index (χ1v) is 8.29. The molecule has 7 heteroatoms. The number of anilines is 3. The summed E-state index contributed by atoms with van der Waals surface area (Å²) in [6, 6.07) is 14.2. The number of thioether (sulfide) groups is 1. The molecule has 0 radical (unpaired) electrons. The molecule has 3 rings (SSSR count). The number of halogens is 1. The molecule has 0 aliphatic carbocycles. The second kappa shape index (κ2) is 7.27. The number of aromatic nitrogens is 3. The zero-order valence-electron chi connectivity index (χ0n) is 13.0. The first-order valence-electron chi connectivity index (χ1n) is 7.31. The van der Waals surface area contributed by atoms with Crippen LogP contribution in [0.4, 0.5) is 22.0 Å². The normalized spacial score (nSPS) is 10.6. The third-order valence-corrected chi connectivity index (χ3v) is 4.20. The molecule has 0 saturated heterocycles. The SMILES string of the molecule is Cc1ccc(Nc2nc(N)nc(CSc3ccc(F)cc3)n2)cc1. The maximum atomic E-state index is 12.9. The van der Waals surface area contributed by atoms with E-state index in [1.54, 1.807) is 12.1 Å². The molecule has 0 atom stereocenters. The van der Waals surface area contributed by atoms with Gasteiger partial charge >= 0.3 is 0 Å². The molecule has 122 valence electrons. The minimum absolute atomic E-state index is 0.161. The van der Waals surface area contributed by atoms with Crippen molar-refractivity contribution in [1.29, 1.82) is 0 Å². The van der Waals surface area contributed by atoms with E-state index < -0.39 is 0 Å². The number of benzene rings is 2. The summed E-state index contributed by atoms with van der Waals surface area (Å²) >= 11 is 1.51. The van der Waals surface area contributed by atoms with Crippen LogP contribution in [0.2, 0.25) is 0 Å². The fraction of sp³-hybridized carbons (Fsp3) is 0.118. The molecule has 0 aliphatic heterocycles. The van der Waals surface area contributed by atoms with Crippen molar-refractivity contribution in [2.24, 2.45) is 0 Å². The summed E-state index contributed by atoms with van der Waals surface area (Å²) in [5.41, 5.74) is 7.82. The number of nitrogen functional groups attached to an aromatic ring is 1. The largest absolute Gasteiger partial charge is 0.368 e. The first-order chi connectivity index (χ1) is 11.6. The van der Waals surface area contributed by atoms with Gasteiger partial charge in [0.05, 0.1) is 5.75 Å². The van der Waals surface area contributed by atoms with Gasteiger partial charge in [0.1, 0.15) is 11.6 Å². The Kier molecular flexibility index (Phi) is 4.90. The number of nitrogens with zero attached hydrogens (tertiary/aromatic N) is 3. The smallest absolute Gasteiger partial charge is 0.232 e. The van der Waals surface area contributed by atoms with Gasteiger partial charge in [-0.25, -0.2) is 4.39 Å². The lowest BCUT2D eigenvalue weighted by Crippen LogP contribution is -2.06. The topological polar surface area (TPSA) is 76.7 Å². The van der Waals surface area contributed by atoms with Gasteiger partial charge in [-0.05, 0) is 43.3 Å². The van der Waals surface area contributed by atoms with Crippen molar-refractivity contribution < 1.29 is 4.39 Å². The van der Waals surface area contributed by atoms with Crippen LogP contribution in [0, 0.1) is 12.7 Å². The fourth-order valence-corrected chi connectivity index (χ4v) is 2.76. The molecule has 0 amide bonds. The zero-order chi connectivity index (χ0) is 16.9. The highest BCUT2D eigenvalue weighted by atomic mass is 32.2. The highest BCUT2D eigenvalue weighted by Gasteiger charge is 2.06. The van der Waals surface area contributed by atoms with Crippen molar-refractivity contribution in [2.75, 3.05) is 11.1 Å². The standard InChI is InChI=1S/C17H16FN5S/c1-11-2-6-13(7-3-11)20-17-22-15(21-16(19)23-17)10-24-14-8-4-12(18)5-9-14/h2-9H,10H2,1H3,(H3,19,20,21,22,23). The lowest BCUT2D eigenvalue weighted by Gasteiger charge is -2.07. The van der Waals surface area contributed by atoms with Crippen molar-refractivity contribution in [3.63, 3.8) is 0 Å². The van der Waals surface area contributed by atoms with Crippen LogP contribution in [0.15, 0.2) is 53.4 Å². The van der Waals surface area contributed by atoms with E-state index in [1.165, 1.54) is 29.5 Å². The summed E-state index contributed by atoms with van der Waals surface area (Å²) in [5, 5.41) is 3.12. The molecule has 1 aromatic heterocycles. The van der Waals surface area contributed by atoms with E-state index in [2.05, 4.69) is 20.3 Å². The highest BCUT2D eigenvalue weighted by Crippen LogP contribution is 2.22. The lowest BCUT2D eigenvalue weighted by atomic mass is 10.2. The minimum atomic E-state index is -0.256. The molecule has 0 aliphatic rings. The third-order valence-electron chi connectivity index (χ3n) is 3.19. The minimum Gasteiger partial charge on any atom is -0.368 e. The highest BCUT2D eigenvalue weighted by molar-refractivity contribution is 7.98. The molecule has 2 aromatic carbocycles. The molecule has 0 spiro atoms. The Morgan fingerprint density at radius 1 is 1.00 bits per heavy atom. The summed E-state index contributed by atoms with van der Waals surface area (Å²) in [6.45, 7) is 2.02. The summed E-state index contributed by atoms with van der Waals surface area (Å²) < 4.78 is 12.9. The van der Waals surface area contributed by atoms with E-state index in [4.69, 9.17) is 5.73 Å². The quantitative estimate of drug-likeness (QED) is 0.685. The molecular formula is C17H16FN5S. The maximum Gasteiger partial charge on any atom is 0.232 e. The molecule has 0 saturated carbocycles. The average Bonchev–Trinajstić information content (AvgIpc) is 2.56. The number of nitrogens with two attached hydrogens (primary N) is 1. The van der Waals surface area contributed by atoms with Gasteiger partial charge in [0.2, 0.25) is 11.9 Å². The van der Waals surface area contributed by atoms with Crippen LogP contribution in [0.5, 0.6) is 0 Å². The summed E-state index contributed by atoms with van der Waals surface area (Å²) in [6.07, 6.45) is 0. The van der Waals surface area contributed by atoms with Gasteiger partial charge < -0.3 is 11.1 Å². The molecule has 0 unspecified atom stereocenters. The van der Waals surface area contributed by atoms with Crippen molar-refractivity contribution in [1.82, 2.24) is 15.0 Å². The molecule has 5 nitrogen and oxygen atoms in total. The molecule has 3 aromatic rings. The molecule has 0 fully saturated rings. The molecule has 3 N–H and O–H groups in total. The maximum absolute atomic E-state index is 12.9. The Labute approximate surface area is 143 Å². The monoisotopic (exact) mass is 341 g/mol. The summed E-state index contributed by atoms with van der Waals surface area (Å²) in [5.74, 6) is 1.39. The zero-order valence-corrected chi connectivity index (χ0v) is 13.8. The average molecular weight is 341 g/mol. The van der Waals surface area contributed by atoms with Crippen molar-refractivity contribution in [3.8, 4) is 0 Å². The van der Waals surface area contributed by atoms with Crippen LogP contribution in [0.25, 0.3) is 0 Å². The van der Waals surface area contributed by atoms with Gasteiger partial charge in [0, 0.05) is 10.6 Å². The molecule has 1 heterocycles. The van der Waals surface area contributed by atoms with E-state index in [-0.39, 0.29) is 11.8 Å². The van der Waals surface area contributed by atoms with Crippen molar-refractivity contribution >= 4 is 29.3 Å². The van der Waals surface area contributed by atoms with Crippen LogP contribution in [0.1, 0.15) is 11.4 Å². The second-order valence-electron chi connectivity index (χ2n) is 5.17. The number of rotatable bonds is 5. The Morgan fingerprint density at radius 3 is 2.42 bits per heavy atom. The van der Waals surface area contributed by atoms with Gasteiger partial charge in [-0.1, -0.05) is 17.7 Å². The fourth-order valence-electron chi connectivity index (χ4n) is 2.00. The third kappa shape index (κ3) is 4.42. The van der Waals surface area contributed by atoms with Crippen LogP contribution in [-0.2, 0) is 5.75 Å². The molecule has 0 bridgehead atoms. The van der Waals surface area contributed by atoms with Gasteiger partial charge in [-0.2, -0.15) is 15.0 Å². The van der Waals surface area contributed by atoms with Gasteiger partial charge in [-0.15, -0.1) is 11.8 Å². The van der Waals surface area contributed by atoms with Crippen LogP contribution < -0.4 is 11.1 Å². The first kappa shape index (κ1) is 16.2. The predicted molar refractivity (Wildman–Crippen MR) is 94.7 cm³/mol. The number of hydrogen-bond donors (Lipinski definition) is 2. The van der Waals surface area contributed by atoms with Crippen molar-refractivity contribution in [2.45, 2.75) is 17.6 Å². The Hall–Kier alpha value is -2.67. The van der Waals surface area contributed by atoms with Gasteiger partial charge in [0.25, 0.3) is 0 Å². The number of aryl methyl sites for hydroxylation is 1. The predicted octanol–water partition coefficient (Wildman–Crippen LogP) is 3.94. The second-order valence-corrected chi connectivity index (χ2v) is 6.22. The molecular weight excluding hydrogens is 325 g/mol. The Bertz CT molecular complexity index is 821. The van der Waals surface area contributed by atoms with Gasteiger partial charge in [0.15, 0.2) is 0 Å². The summed E-state index contributed by atoms with van der Waals surface area (Å²) in [4.78, 5) is 13.6. The van der Waals surface area contributed by atoms with Crippen LogP contribution in [0.3, 0.4) is 0 Å². The van der Waals surface area contributed by atoms with Gasteiger partial charge in [-0.3, -0.25) is 0 Å². The Balaban J connectivity index is 1.71. The van der Waals surface area contributed by atoms with E-state index in [0.29, 0.717) is 17.5 Å². The lowest BCUT2D eigenvalue weighted by molar-refractivity contribution is 0.626. The van der Waals surface area contributed by atoms with E-state index in [1.807, 2.05) is 31.2 Å². The number of nitrogens with one attached hydrogen (secondary N) is 1. The number of hydrogen-bond acceptors (Lipinski definition) is 6. The summed E-state index contributed by atoms with van der Waals surface area (Å²) in [7, 11) is 0.